The maximum Gasteiger partial charge on any atom is 0.376 e. The first-order chi connectivity index (χ1) is 13.8. The highest BCUT2D eigenvalue weighted by molar-refractivity contribution is 5.66. The van der Waals surface area contributed by atoms with Crippen molar-refractivity contribution in [3.05, 3.63) is 60.2 Å². The summed E-state index contributed by atoms with van der Waals surface area (Å²) < 4.78 is 32.8. The van der Waals surface area contributed by atoms with Gasteiger partial charge in [0.25, 0.3) is 0 Å². The van der Waals surface area contributed by atoms with Crippen molar-refractivity contribution in [3.63, 3.8) is 0 Å². The normalized spacial score (nSPS) is 25.2. The van der Waals surface area contributed by atoms with Gasteiger partial charge in [0.2, 0.25) is 0 Å². The molecule has 1 aromatic carbocycles. The third-order valence-corrected chi connectivity index (χ3v) is 5.04. The molecule has 0 aliphatic heterocycles. The van der Waals surface area contributed by atoms with Gasteiger partial charge in [-0.25, -0.2) is 0 Å². The number of benzene rings is 1. The van der Waals surface area contributed by atoms with E-state index in [1.165, 1.54) is 6.08 Å². The number of hydrogen-bond acceptors (Lipinski definition) is 4. The SMILES string of the molecule is O=C(O)CCCC=CCC1C(O)CC(O)C1C=CC(F)(F)OCc1ccccc1. The predicted molar refractivity (Wildman–Crippen MR) is 104 cm³/mol. The van der Waals surface area contributed by atoms with Crippen LogP contribution in [-0.2, 0) is 16.1 Å². The van der Waals surface area contributed by atoms with Gasteiger partial charge in [-0.15, -0.1) is 0 Å². The molecule has 0 amide bonds. The van der Waals surface area contributed by atoms with Crippen LogP contribution in [0.3, 0.4) is 0 Å². The number of carbonyl (C=O) groups is 1. The summed E-state index contributed by atoms with van der Waals surface area (Å²) in [5, 5.41) is 28.9. The summed E-state index contributed by atoms with van der Waals surface area (Å²) in [7, 11) is 0. The maximum atomic E-state index is 14.1. The lowest BCUT2D eigenvalue weighted by Crippen LogP contribution is -2.22. The Bertz CT molecular complexity index is 690. The molecule has 0 radical (unpaired) electrons. The zero-order chi connectivity index (χ0) is 21.3. The monoisotopic (exact) mass is 410 g/mol. The van der Waals surface area contributed by atoms with Gasteiger partial charge in [-0.3, -0.25) is 4.79 Å². The Morgan fingerprint density at radius 1 is 1.17 bits per heavy atom. The first-order valence-corrected chi connectivity index (χ1v) is 9.76. The molecule has 1 fully saturated rings. The second-order valence-electron chi connectivity index (χ2n) is 7.30. The minimum Gasteiger partial charge on any atom is -0.481 e. The maximum absolute atomic E-state index is 14.1. The molecular weight excluding hydrogens is 382 g/mol. The van der Waals surface area contributed by atoms with E-state index in [1.54, 1.807) is 36.4 Å². The Hall–Kier alpha value is -2.09. The summed E-state index contributed by atoms with van der Waals surface area (Å²) in [6.07, 6.45) is 2.04. The van der Waals surface area contributed by atoms with Crippen LogP contribution in [0.15, 0.2) is 54.6 Å². The Morgan fingerprint density at radius 3 is 2.59 bits per heavy atom. The number of rotatable bonds is 11. The van der Waals surface area contributed by atoms with Gasteiger partial charge in [0, 0.05) is 24.8 Å². The molecule has 0 spiro atoms. The Morgan fingerprint density at radius 2 is 1.90 bits per heavy atom. The second kappa shape index (κ2) is 11.2. The summed E-state index contributed by atoms with van der Waals surface area (Å²) in [5.74, 6) is -1.85. The zero-order valence-electron chi connectivity index (χ0n) is 16.2. The smallest absolute Gasteiger partial charge is 0.376 e. The van der Waals surface area contributed by atoms with Crippen molar-refractivity contribution in [3.8, 4) is 0 Å². The standard InChI is InChI=1S/C22H28F2O5/c23-22(24,29-15-16-8-4-3-5-9-16)13-12-18-17(19(25)14-20(18)26)10-6-1-2-7-11-21(27)28/h1,3-6,8-9,12-13,17-20,25-26H,2,7,10-11,14-15H2,(H,27,28). The quantitative estimate of drug-likeness (QED) is 0.380. The van der Waals surface area contributed by atoms with E-state index in [0.717, 1.165) is 0 Å². The molecule has 1 saturated carbocycles. The first kappa shape index (κ1) is 23.2. The molecular formula is C22H28F2O5. The largest absolute Gasteiger partial charge is 0.481 e. The lowest BCUT2D eigenvalue weighted by Gasteiger charge is -2.20. The number of aliphatic carboxylic acids is 1. The minimum atomic E-state index is -3.49. The summed E-state index contributed by atoms with van der Waals surface area (Å²) in [6, 6.07) is 8.64. The molecule has 29 heavy (non-hydrogen) atoms. The minimum absolute atomic E-state index is 0.0819. The molecule has 7 heteroatoms. The molecule has 5 nitrogen and oxygen atoms in total. The van der Waals surface area contributed by atoms with Gasteiger partial charge in [0.15, 0.2) is 0 Å². The first-order valence-electron chi connectivity index (χ1n) is 9.76. The van der Waals surface area contributed by atoms with Crippen molar-refractivity contribution >= 4 is 5.97 Å². The van der Waals surface area contributed by atoms with Gasteiger partial charge < -0.3 is 20.1 Å². The number of alkyl halides is 2. The molecule has 2 rings (SSSR count). The highest BCUT2D eigenvalue weighted by atomic mass is 19.3. The highest BCUT2D eigenvalue weighted by Gasteiger charge is 2.40. The molecule has 0 bridgehead atoms. The predicted octanol–water partition coefficient (Wildman–Crippen LogP) is 3.91. The molecule has 3 N–H and O–H groups in total. The van der Waals surface area contributed by atoms with Crippen molar-refractivity contribution in [1.82, 2.24) is 0 Å². The number of carboxylic acids is 1. The van der Waals surface area contributed by atoms with Gasteiger partial charge in [-0.2, -0.15) is 8.78 Å². The van der Waals surface area contributed by atoms with E-state index < -0.39 is 30.2 Å². The number of halogens is 2. The summed E-state index contributed by atoms with van der Waals surface area (Å²) in [5.41, 5.74) is 0.628. The fourth-order valence-corrected chi connectivity index (χ4v) is 3.47. The summed E-state index contributed by atoms with van der Waals surface area (Å²) >= 11 is 0. The van der Waals surface area contributed by atoms with Crippen molar-refractivity contribution in [2.75, 3.05) is 0 Å². The zero-order valence-corrected chi connectivity index (χ0v) is 16.2. The van der Waals surface area contributed by atoms with E-state index >= 15 is 0 Å². The van der Waals surface area contributed by atoms with Crippen LogP contribution in [-0.4, -0.2) is 39.6 Å². The van der Waals surface area contributed by atoms with Crippen LogP contribution in [0.25, 0.3) is 0 Å². The second-order valence-corrected chi connectivity index (χ2v) is 7.30. The molecule has 4 atom stereocenters. The molecule has 1 aliphatic rings. The van der Waals surface area contributed by atoms with Gasteiger partial charge in [0.1, 0.15) is 0 Å². The molecule has 0 aromatic heterocycles. The van der Waals surface area contributed by atoms with Crippen LogP contribution < -0.4 is 0 Å². The van der Waals surface area contributed by atoms with Gasteiger partial charge in [0.05, 0.1) is 18.8 Å². The Labute approximate surface area is 169 Å². The topological polar surface area (TPSA) is 87.0 Å². The summed E-state index contributed by atoms with van der Waals surface area (Å²) in [4.78, 5) is 10.5. The third kappa shape index (κ3) is 8.04. The van der Waals surface area contributed by atoms with Crippen LogP contribution in [0.5, 0.6) is 0 Å². The van der Waals surface area contributed by atoms with Gasteiger partial charge in [-0.1, -0.05) is 48.6 Å². The number of allylic oxidation sites excluding steroid dienone is 2. The van der Waals surface area contributed by atoms with Crippen molar-refractivity contribution in [2.45, 2.75) is 57.0 Å². The average molecular weight is 410 g/mol. The van der Waals surface area contributed by atoms with Crippen LogP contribution in [0.1, 0.15) is 37.7 Å². The van der Waals surface area contributed by atoms with Crippen molar-refractivity contribution < 1.29 is 33.6 Å². The Balaban J connectivity index is 1.89. The van der Waals surface area contributed by atoms with E-state index in [9.17, 15) is 23.8 Å². The van der Waals surface area contributed by atoms with Crippen molar-refractivity contribution in [1.29, 1.82) is 0 Å². The number of aliphatic hydroxyl groups excluding tert-OH is 2. The molecule has 4 unspecified atom stereocenters. The van der Waals surface area contributed by atoms with E-state index in [-0.39, 0.29) is 25.4 Å². The van der Waals surface area contributed by atoms with Crippen LogP contribution in [0.4, 0.5) is 8.78 Å². The van der Waals surface area contributed by atoms with Gasteiger partial charge >= 0.3 is 12.1 Å². The lowest BCUT2D eigenvalue weighted by atomic mass is 9.90. The highest BCUT2D eigenvalue weighted by Crippen LogP contribution is 2.37. The Kier molecular flexibility index (Phi) is 8.95. The molecule has 160 valence electrons. The lowest BCUT2D eigenvalue weighted by molar-refractivity contribution is -0.208. The van der Waals surface area contributed by atoms with Crippen LogP contribution in [0.2, 0.25) is 0 Å². The van der Waals surface area contributed by atoms with Crippen LogP contribution in [0, 0.1) is 11.8 Å². The number of hydrogen-bond donors (Lipinski definition) is 3. The fraction of sp³-hybridized carbons (Fsp3) is 0.500. The van der Waals surface area contributed by atoms with E-state index in [0.29, 0.717) is 30.9 Å². The fourth-order valence-electron chi connectivity index (χ4n) is 3.47. The molecule has 0 saturated heterocycles. The van der Waals surface area contributed by atoms with E-state index in [4.69, 9.17) is 9.84 Å². The average Bonchev–Trinajstić information content (AvgIpc) is 2.94. The number of carboxylic acid groups (broad SMARTS) is 1. The third-order valence-electron chi connectivity index (χ3n) is 5.04. The number of ether oxygens (including phenoxy) is 1. The summed E-state index contributed by atoms with van der Waals surface area (Å²) in [6.45, 7) is -0.240. The number of aliphatic hydroxyl groups is 2. The van der Waals surface area contributed by atoms with E-state index in [1.807, 2.05) is 6.08 Å². The molecule has 1 aliphatic carbocycles. The number of unbranched alkanes of at least 4 members (excludes halogenated alkanes) is 1. The van der Waals surface area contributed by atoms with Crippen molar-refractivity contribution in [2.24, 2.45) is 11.8 Å². The molecule has 1 aromatic rings. The van der Waals surface area contributed by atoms with Gasteiger partial charge in [-0.05, 0) is 30.7 Å². The van der Waals surface area contributed by atoms with E-state index in [2.05, 4.69) is 0 Å². The van der Waals surface area contributed by atoms with Crippen LogP contribution >= 0.6 is 0 Å². The molecule has 0 heterocycles.